The van der Waals surface area contributed by atoms with Crippen molar-refractivity contribution in [1.82, 2.24) is 4.90 Å². The van der Waals surface area contributed by atoms with Gasteiger partial charge in [0.2, 0.25) is 5.91 Å². The lowest BCUT2D eigenvalue weighted by atomic mass is 10.1. The molecular formula is C13H14FNO3. The Morgan fingerprint density at radius 2 is 2.06 bits per heavy atom. The fourth-order valence-corrected chi connectivity index (χ4v) is 1.71. The highest BCUT2D eigenvalue weighted by Gasteiger charge is 2.24. The third-order valence-corrected chi connectivity index (χ3v) is 2.83. The Morgan fingerprint density at radius 3 is 2.67 bits per heavy atom. The lowest BCUT2D eigenvalue weighted by molar-refractivity contribution is -0.125. The molecule has 0 aliphatic carbocycles. The Labute approximate surface area is 104 Å². The lowest BCUT2D eigenvalue weighted by Crippen LogP contribution is -2.13. The number of ketones is 1. The van der Waals surface area contributed by atoms with Crippen LogP contribution in [0.4, 0.5) is 4.39 Å². The topological polar surface area (TPSA) is 46.4 Å². The quantitative estimate of drug-likeness (QED) is 0.590. The zero-order chi connectivity index (χ0) is 13.1. The fourth-order valence-electron chi connectivity index (χ4n) is 1.71. The van der Waals surface area contributed by atoms with Crippen LogP contribution in [0.1, 0.15) is 23.2 Å². The van der Waals surface area contributed by atoms with Crippen molar-refractivity contribution in [3.63, 3.8) is 0 Å². The first kappa shape index (κ1) is 12.5. The van der Waals surface area contributed by atoms with Gasteiger partial charge in [-0.15, -0.1) is 0 Å². The zero-order valence-electron chi connectivity index (χ0n) is 10.1. The lowest BCUT2D eigenvalue weighted by Gasteiger charge is -2.07. The number of benzene rings is 1. The highest BCUT2D eigenvalue weighted by molar-refractivity contribution is 6.00. The van der Waals surface area contributed by atoms with E-state index >= 15 is 0 Å². The molecule has 1 fully saturated rings. The van der Waals surface area contributed by atoms with Crippen molar-refractivity contribution in [1.29, 1.82) is 0 Å². The van der Waals surface area contributed by atoms with E-state index in [0.29, 0.717) is 5.75 Å². The number of nitrogens with zero attached hydrogens (tertiary/aromatic N) is 1. The maximum Gasteiger partial charge on any atom is 0.223 e. The number of methoxy groups -OCH3 is 1. The van der Waals surface area contributed by atoms with E-state index in [0.717, 1.165) is 19.2 Å². The van der Waals surface area contributed by atoms with Gasteiger partial charge >= 0.3 is 0 Å². The summed E-state index contributed by atoms with van der Waals surface area (Å²) in [5, 5.41) is 0. The molecule has 18 heavy (non-hydrogen) atoms. The molecule has 0 bridgehead atoms. The molecule has 1 saturated heterocycles. The van der Waals surface area contributed by atoms with Crippen LogP contribution in [0.25, 0.3) is 0 Å². The molecule has 1 aliphatic heterocycles. The van der Waals surface area contributed by atoms with Gasteiger partial charge in [-0.2, -0.15) is 0 Å². The van der Waals surface area contributed by atoms with Crippen LogP contribution >= 0.6 is 0 Å². The van der Waals surface area contributed by atoms with E-state index in [1.807, 2.05) is 0 Å². The Balaban J connectivity index is 2.03. The summed E-state index contributed by atoms with van der Waals surface area (Å²) in [6.07, 6.45) is 0.244. The van der Waals surface area contributed by atoms with Crippen LogP contribution in [-0.2, 0) is 4.79 Å². The van der Waals surface area contributed by atoms with Gasteiger partial charge in [0.15, 0.2) is 5.78 Å². The summed E-state index contributed by atoms with van der Waals surface area (Å²) in [7, 11) is 1.42. The van der Waals surface area contributed by atoms with E-state index in [4.69, 9.17) is 4.74 Å². The summed E-state index contributed by atoms with van der Waals surface area (Å²) in [5.74, 6) is -0.461. The minimum Gasteiger partial charge on any atom is -0.496 e. The third kappa shape index (κ3) is 2.85. The smallest absolute Gasteiger partial charge is 0.223 e. The van der Waals surface area contributed by atoms with Crippen LogP contribution in [-0.4, -0.2) is 36.8 Å². The number of ether oxygens (including phenoxy) is 1. The van der Waals surface area contributed by atoms with Gasteiger partial charge in [0.05, 0.1) is 12.7 Å². The second kappa shape index (κ2) is 5.16. The number of carbonyl (C=O) groups is 2. The standard InChI is InChI=1S/C13H14FNO3/c1-18-12-4-2-9(14)8-10(12)11(16)3-5-13(17)15-6-7-15/h2,4,8H,3,5-7H2,1H3. The molecule has 0 radical (unpaired) electrons. The number of amides is 1. The van der Waals surface area contributed by atoms with Gasteiger partial charge in [0.1, 0.15) is 11.6 Å². The van der Waals surface area contributed by atoms with Crippen LogP contribution in [0.2, 0.25) is 0 Å². The maximum atomic E-state index is 13.1. The SMILES string of the molecule is COc1ccc(F)cc1C(=O)CCC(=O)N1CC1. The number of hydrogen-bond donors (Lipinski definition) is 0. The van der Waals surface area contributed by atoms with E-state index in [1.54, 1.807) is 4.90 Å². The van der Waals surface area contributed by atoms with Gasteiger partial charge in [-0.1, -0.05) is 0 Å². The Hall–Kier alpha value is -1.91. The highest BCUT2D eigenvalue weighted by atomic mass is 19.1. The second-order valence-electron chi connectivity index (χ2n) is 4.15. The monoisotopic (exact) mass is 251 g/mol. The molecule has 1 aromatic rings. The predicted octanol–water partition coefficient (Wildman–Crippen LogP) is 1.64. The van der Waals surface area contributed by atoms with E-state index in [-0.39, 0.29) is 30.1 Å². The molecule has 0 aromatic heterocycles. The first-order valence-corrected chi connectivity index (χ1v) is 5.76. The van der Waals surface area contributed by atoms with Gasteiger partial charge in [0.25, 0.3) is 0 Å². The second-order valence-corrected chi connectivity index (χ2v) is 4.15. The molecule has 1 heterocycles. The molecular weight excluding hydrogens is 237 g/mol. The van der Waals surface area contributed by atoms with Crippen molar-refractivity contribution in [2.75, 3.05) is 20.2 Å². The molecule has 1 aliphatic rings. The zero-order valence-corrected chi connectivity index (χ0v) is 10.1. The number of halogens is 1. The summed E-state index contributed by atoms with van der Waals surface area (Å²) in [5.41, 5.74) is 0.191. The van der Waals surface area contributed by atoms with Crippen LogP contribution in [0, 0.1) is 5.82 Å². The summed E-state index contributed by atoms with van der Waals surface area (Å²) in [6, 6.07) is 3.79. The number of carbonyl (C=O) groups excluding carboxylic acids is 2. The molecule has 0 spiro atoms. The molecule has 0 N–H and O–H groups in total. The van der Waals surface area contributed by atoms with Gasteiger partial charge < -0.3 is 9.64 Å². The van der Waals surface area contributed by atoms with Crippen LogP contribution < -0.4 is 4.74 Å². The fraction of sp³-hybridized carbons (Fsp3) is 0.385. The number of rotatable bonds is 5. The van der Waals surface area contributed by atoms with Crippen LogP contribution in [0.15, 0.2) is 18.2 Å². The predicted molar refractivity (Wildman–Crippen MR) is 63.1 cm³/mol. The van der Waals surface area contributed by atoms with Crippen molar-refractivity contribution in [3.8, 4) is 5.75 Å². The number of Topliss-reactive ketones (excluding diaryl/α,β-unsaturated/α-hetero) is 1. The van der Waals surface area contributed by atoms with Gasteiger partial charge in [-0.3, -0.25) is 9.59 Å². The molecule has 0 atom stereocenters. The van der Waals surface area contributed by atoms with Crippen molar-refractivity contribution >= 4 is 11.7 Å². The molecule has 0 unspecified atom stereocenters. The van der Waals surface area contributed by atoms with Crippen molar-refractivity contribution in [2.24, 2.45) is 0 Å². The Morgan fingerprint density at radius 1 is 1.33 bits per heavy atom. The Bertz CT molecular complexity index is 483. The minimum atomic E-state index is -0.489. The van der Waals surface area contributed by atoms with Gasteiger partial charge in [-0.25, -0.2) is 4.39 Å². The van der Waals surface area contributed by atoms with Crippen LogP contribution in [0.3, 0.4) is 0 Å². The van der Waals surface area contributed by atoms with Gasteiger partial charge in [-0.05, 0) is 18.2 Å². The normalized spacial score (nSPS) is 13.3. The Kier molecular flexibility index (Phi) is 3.60. The van der Waals surface area contributed by atoms with Crippen molar-refractivity contribution < 1.29 is 18.7 Å². The van der Waals surface area contributed by atoms with E-state index in [2.05, 4.69) is 0 Å². The highest BCUT2D eigenvalue weighted by Crippen LogP contribution is 2.21. The molecule has 1 aromatic carbocycles. The van der Waals surface area contributed by atoms with E-state index in [1.165, 1.54) is 19.2 Å². The number of hydrogen-bond acceptors (Lipinski definition) is 3. The van der Waals surface area contributed by atoms with Crippen molar-refractivity contribution in [2.45, 2.75) is 12.8 Å². The average Bonchev–Trinajstić information content (AvgIpc) is 3.19. The molecule has 5 heteroatoms. The maximum absolute atomic E-state index is 13.1. The molecule has 4 nitrogen and oxygen atoms in total. The average molecular weight is 251 g/mol. The van der Waals surface area contributed by atoms with Gasteiger partial charge in [0, 0.05) is 25.9 Å². The van der Waals surface area contributed by atoms with Crippen LogP contribution in [0.5, 0.6) is 5.75 Å². The van der Waals surface area contributed by atoms with E-state index in [9.17, 15) is 14.0 Å². The molecule has 1 amide bonds. The first-order chi connectivity index (χ1) is 8.61. The summed E-state index contributed by atoms with van der Waals surface area (Å²) in [4.78, 5) is 25.0. The summed E-state index contributed by atoms with van der Waals surface area (Å²) < 4.78 is 18.1. The first-order valence-electron chi connectivity index (χ1n) is 5.76. The molecule has 2 rings (SSSR count). The van der Waals surface area contributed by atoms with E-state index < -0.39 is 5.82 Å². The summed E-state index contributed by atoms with van der Waals surface area (Å²) in [6.45, 7) is 1.55. The molecule has 96 valence electrons. The third-order valence-electron chi connectivity index (χ3n) is 2.83. The minimum absolute atomic E-state index is 0.0290. The summed E-state index contributed by atoms with van der Waals surface area (Å²) >= 11 is 0. The molecule has 0 saturated carbocycles. The van der Waals surface area contributed by atoms with Crippen molar-refractivity contribution in [3.05, 3.63) is 29.6 Å². The largest absolute Gasteiger partial charge is 0.496 e.